The molecule has 0 amide bonds. The first-order chi connectivity index (χ1) is 9.24. The molecule has 0 fully saturated rings. The molecule has 19 heavy (non-hydrogen) atoms. The summed E-state index contributed by atoms with van der Waals surface area (Å²) in [5.41, 5.74) is 5.55. The molecule has 0 atom stereocenters. The Morgan fingerprint density at radius 3 is 2.89 bits per heavy atom. The van der Waals surface area contributed by atoms with E-state index >= 15 is 0 Å². The number of rotatable bonds is 2. The average Bonchev–Trinajstić information content (AvgIpc) is 2.43. The third kappa shape index (κ3) is 2.42. The van der Waals surface area contributed by atoms with Crippen molar-refractivity contribution in [2.75, 3.05) is 11.9 Å². The van der Waals surface area contributed by atoms with Gasteiger partial charge in [0, 0.05) is 12.2 Å². The van der Waals surface area contributed by atoms with Gasteiger partial charge in [-0.2, -0.15) is 5.10 Å². The van der Waals surface area contributed by atoms with E-state index in [1.54, 1.807) is 0 Å². The first-order valence-corrected chi connectivity index (χ1v) is 6.50. The van der Waals surface area contributed by atoms with Crippen LogP contribution in [0, 0.1) is 13.8 Å². The number of aromatic nitrogens is 3. The molecule has 0 bridgehead atoms. The molecule has 98 valence electrons. The van der Waals surface area contributed by atoms with Crippen molar-refractivity contribution < 1.29 is 0 Å². The van der Waals surface area contributed by atoms with Gasteiger partial charge in [0.15, 0.2) is 0 Å². The third-order valence-corrected chi connectivity index (χ3v) is 3.48. The first kappa shape index (κ1) is 12.0. The molecule has 0 saturated carbocycles. The fourth-order valence-electron chi connectivity index (χ4n) is 2.28. The molecule has 1 aromatic heterocycles. The predicted octanol–water partition coefficient (Wildman–Crippen LogP) is 1.88. The SMILES string of the molecule is Cc1nnc(Nc2cccc3c2CCNC3)nc1C. The molecule has 0 unspecified atom stereocenters. The summed E-state index contributed by atoms with van der Waals surface area (Å²) in [4.78, 5) is 4.42. The van der Waals surface area contributed by atoms with Crippen LogP contribution in [0.5, 0.6) is 0 Å². The zero-order valence-corrected chi connectivity index (χ0v) is 11.2. The van der Waals surface area contributed by atoms with Gasteiger partial charge in [0.25, 0.3) is 0 Å². The van der Waals surface area contributed by atoms with E-state index in [0.717, 1.165) is 36.6 Å². The van der Waals surface area contributed by atoms with Crippen LogP contribution >= 0.6 is 0 Å². The topological polar surface area (TPSA) is 62.7 Å². The molecular weight excluding hydrogens is 238 g/mol. The summed E-state index contributed by atoms with van der Waals surface area (Å²) in [6.45, 7) is 5.79. The molecule has 2 N–H and O–H groups in total. The highest BCUT2D eigenvalue weighted by molar-refractivity contribution is 5.61. The first-order valence-electron chi connectivity index (χ1n) is 6.50. The van der Waals surface area contributed by atoms with E-state index in [1.807, 2.05) is 13.8 Å². The Hall–Kier alpha value is -2.01. The Balaban J connectivity index is 1.92. The monoisotopic (exact) mass is 255 g/mol. The lowest BCUT2D eigenvalue weighted by Crippen LogP contribution is -2.24. The quantitative estimate of drug-likeness (QED) is 0.858. The van der Waals surface area contributed by atoms with Gasteiger partial charge in [-0.15, -0.1) is 5.10 Å². The lowest BCUT2D eigenvalue weighted by molar-refractivity contribution is 0.645. The largest absolute Gasteiger partial charge is 0.323 e. The molecule has 3 rings (SSSR count). The van der Waals surface area contributed by atoms with E-state index in [9.17, 15) is 0 Å². The second-order valence-electron chi connectivity index (χ2n) is 4.80. The van der Waals surface area contributed by atoms with Gasteiger partial charge in [-0.1, -0.05) is 12.1 Å². The van der Waals surface area contributed by atoms with E-state index < -0.39 is 0 Å². The third-order valence-electron chi connectivity index (χ3n) is 3.48. The number of nitrogens with zero attached hydrogens (tertiary/aromatic N) is 3. The Bertz CT molecular complexity index is 609. The van der Waals surface area contributed by atoms with E-state index in [2.05, 4.69) is 44.0 Å². The number of hydrogen-bond acceptors (Lipinski definition) is 5. The van der Waals surface area contributed by atoms with Crippen LogP contribution in [0.15, 0.2) is 18.2 Å². The molecule has 2 aromatic rings. The maximum atomic E-state index is 4.42. The second-order valence-corrected chi connectivity index (χ2v) is 4.80. The lowest BCUT2D eigenvalue weighted by atomic mass is 9.99. The molecule has 1 aliphatic rings. The van der Waals surface area contributed by atoms with E-state index in [4.69, 9.17) is 0 Å². The molecule has 0 aliphatic carbocycles. The van der Waals surface area contributed by atoms with Crippen molar-refractivity contribution >= 4 is 11.6 Å². The number of aryl methyl sites for hydroxylation is 2. The summed E-state index contributed by atoms with van der Waals surface area (Å²) in [7, 11) is 0. The van der Waals surface area contributed by atoms with Crippen LogP contribution in [0.25, 0.3) is 0 Å². The molecule has 1 aromatic carbocycles. The van der Waals surface area contributed by atoms with Crippen LogP contribution in [0.3, 0.4) is 0 Å². The number of fused-ring (bicyclic) bond motifs is 1. The highest BCUT2D eigenvalue weighted by Crippen LogP contribution is 2.24. The zero-order valence-electron chi connectivity index (χ0n) is 11.2. The molecule has 0 radical (unpaired) electrons. The lowest BCUT2D eigenvalue weighted by Gasteiger charge is -2.20. The van der Waals surface area contributed by atoms with Gasteiger partial charge in [0.05, 0.1) is 11.4 Å². The minimum absolute atomic E-state index is 0.565. The predicted molar refractivity (Wildman–Crippen MR) is 74.4 cm³/mol. The number of benzene rings is 1. The van der Waals surface area contributed by atoms with Crippen LogP contribution in [-0.2, 0) is 13.0 Å². The molecule has 0 saturated heterocycles. The van der Waals surface area contributed by atoms with Crippen molar-refractivity contribution in [2.45, 2.75) is 26.8 Å². The fraction of sp³-hybridized carbons (Fsp3) is 0.357. The summed E-state index contributed by atoms with van der Waals surface area (Å²) in [5.74, 6) is 0.565. The second kappa shape index (κ2) is 4.93. The molecule has 1 aliphatic heterocycles. The summed E-state index contributed by atoms with van der Waals surface area (Å²) in [6, 6.07) is 6.29. The summed E-state index contributed by atoms with van der Waals surface area (Å²) >= 11 is 0. The van der Waals surface area contributed by atoms with Gasteiger partial charge in [0.1, 0.15) is 0 Å². The minimum atomic E-state index is 0.565. The Labute approximate surface area is 112 Å². The van der Waals surface area contributed by atoms with E-state index in [0.29, 0.717) is 5.95 Å². The van der Waals surface area contributed by atoms with Crippen molar-refractivity contribution in [3.8, 4) is 0 Å². The molecule has 2 heterocycles. The average molecular weight is 255 g/mol. The van der Waals surface area contributed by atoms with E-state index in [1.165, 1.54) is 11.1 Å². The number of anilines is 2. The number of nitrogens with one attached hydrogen (secondary N) is 2. The highest BCUT2D eigenvalue weighted by Gasteiger charge is 2.13. The Kier molecular flexibility index (Phi) is 3.13. The van der Waals surface area contributed by atoms with Crippen molar-refractivity contribution in [1.82, 2.24) is 20.5 Å². The van der Waals surface area contributed by atoms with Crippen molar-refractivity contribution in [2.24, 2.45) is 0 Å². The maximum absolute atomic E-state index is 4.42. The van der Waals surface area contributed by atoms with Crippen LogP contribution in [0.4, 0.5) is 11.6 Å². The fourth-order valence-corrected chi connectivity index (χ4v) is 2.28. The van der Waals surface area contributed by atoms with Gasteiger partial charge in [-0.25, -0.2) is 4.98 Å². The summed E-state index contributed by atoms with van der Waals surface area (Å²) in [5, 5.41) is 14.9. The van der Waals surface area contributed by atoms with Gasteiger partial charge in [-0.3, -0.25) is 0 Å². The van der Waals surface area contributed by atoms with Gasteiger partial charge < -0.3 is 10.6 Å². The molecule has 5 heteroatoms. The number of hydrogen-bond donors (Lipinski definition) is 2. The van der Waals surface area contributed by atoms with Crippen LogP contribution < -0.4 is 10.6 Å². The Morgan fingerprint density at radius 1 is 1.16 bits per heavy atom. The standard InChI is InChI=1S/C14H17N5/c1-9-10(2)18-19-14(16-9)17-13-5-3-4-11-8-15-7-6-12(11)13/h3-5,15H,6-8H2,1-2H3,(H,16,17,19). The van der Waals surface area contributed by atoms with Gasteiger partial charge in [0.2, 0.25) is 5.95 Å². The van der Waals surface area contributed by atoms with Gasteiger partial charge >= 0.3 is 0 Å². The smallest absolute Gasteiger partial charge is 0.247 e. The molecule has 5 nitrogen and oxygen atoms in total. The highest BCUT2D eigenvalue weighted by atomic mass is 15.2. The van der Waals surface area contributed by atoms with Crippen molar-refractivity contribution in [3.05, 3.63) is 40.7 Å². The summed E-state index contributed by atoms with van der Waals surface area (Å²) < 4.78 is 0. The van der Waals surface area contributed by atoms with E-state index in [-0.39, 0.29) is 0 Å². The Morgan fingerprint density at radius 2 is 2.05 bits per heavy atom. The molecular formula is C14H17N5. The van der Waals surface area contributed by atoms with Gasteiger partial charge in [-0.05, 0) is 44.0 Å². The van der Waals surface area contributed by atoms with Crippen molar-refractivity contribution in [1.29, 1.82) is 0 Å². The van der Waals surface area contributed by atoms with Crippen molar-refractivity contribution in [3.63, 3.8) is 0 Å². The maximum Gasteiger partial charge on any atom is 0.247 e. The zero-order chi connectivity index (χ0) is 13.2. The summed E-state index contributed by atoms with van der Waals surface area (Å²) in [6.07, 6.45) is 1.02. The molecule has 0 spiro atoms. The normalized spacial score (nSPS) is 14.0. The van der Waals surface area contributed by atoms with Crippen LogP contribution in [-0.4, -0.2) is 21.7 Å². The van der Waals surface area contributed by atoms with Crippen LogP contribution in [0.1, 0.15) is 22.5 Å². The minimum Gasteiger partial charge on any atom is -0.323 e. The van der Waals surface area contributed by atoms with Crippen LogP contribution in [0.2, 0.25) is 0 Å².